The molecule has 7 heteroatoms. The Kier molecular flexibility index (Phi) is 6.11. The number of hydrogen-bond acceptors (Lipinski definition) is 4. The van der Waals surface area contributed by atoms with Crippen LogP contribution in [0.2, 0.25) is 0 Å². The van der Waals surface area contributed by atoms with E-state index in [1.807, 2.05) is 65.6 Å². The summed E-state index contributed by atoms with van der Waals surface area (Å²) in [6.07, 6.45) is 0.732. The summed E-state index contributed by atoms with van der Waals surface area (Å²) in [7, 11) is 3.30. The van der Waals surface area contributed by atoms with E-state index in [1.54, 1.807) is 14.2 Å². The molecule has 1 unspecified atom stereocenters. The van der Waals surface area contributed by atoms with Crippen molar-refractivity contribution in [3.05, 3.63) is 99.7 Å². The number of carbonyl (C=O) groups excluding carboxylic acids is 1. The predicted molar refractivity (Wildman–Crippen MR) is 134 cm³/mol. The second kappa shape index (κ2) is 9.35. The SMILES string of the molecule is COc1ccc(CCN2C(=O)c3[nH]nc(-c4ccc(OC)cc4)c3C2c2cccc(Br)c2)cc1. The highest BCUT2D eigenvalue weighted by Gasteiger charge is 2.42. The van der Waals surface area contributed by atoms with Crippen molar-refractivity contribution in [2.24, 2.45) is 0 Å². The van der Waals surface area contributed by atoms with Crippen LogP contribution in [0.3, 0.4) is 0 Å². The largest absolute Gasteiger partial charge is 0.497 e. The molecule has 34 heavy (non-hydrogen) atoms. The third-order valence-corrected chi connectivity index (χ3v) is 6.69. The summed E-state index contributed by atoms with van der Waals surface area (Å²) >= 11 is 3.59. The van der Waals surface area contributed by atoms with Gasteiger partial charge in [-0.3, -0.25) is 9.89 Å². The Bertz CT molecular complexity index is 1320. The number of rotatable bonds is 7. The van der Waals surface area contributed by atoms with Gasteiger partial charge in [0.1, 0.15) is 17.2 Å². The van der Waals surface area contributed by atoms with E-state index in [0.717, 1.165) is 50.3 Å². The highest BCUT2D eigenvalue weighted by Crippen LogP contribution is 2.43. The molecule has 1 N–H and O–H groups in total. The molecule has 4 aromatic rings. The first kappa shape index (κ1) is 22.2. The number of hydrogen-bond donors (Lipinski definition) is 1. The van der Waals surface area contributed by atoms with Crippen LogP contribution in [-0.4, -0.2) is 41.8 Å². The lowest BCUT2D eigenvalue weighted by Gasteiger charge is -2.26. The first-order valence-corrected chi connectivity index (χ1v) is 11.8. The van der Waals surface area contributed by atoms with Crippen LogP contribution >= 0.6 is 15.9 Å². The van der Waals surface area contributed by atoms with E-state index in [1.165, 1.54) is 0 Å². The number of amides is 1. The summed E-state index contributed by atoms with van der Waals surface area (Å²) in [5, 5.41) is 7.57. The molecule has 3 aromatic carbocycles. The lowest BCUT2D eigenvalue weighted by atomic mass is 9.96. The second-order valence-electron chi connectivity index (χ2n) is 8.14. The lowest BCUT2D eigenvalue weighted by molar-refractivity contribution is 0.0746. The monoisotopic (exact) mass is 517 g/mol. The van der Waals surface area contributed by atoms with Crippen LogP contribution in [0.25, 0.3) is 11.3 Å². The van der Waals surface area contributed by atoms with E-state index >= 15 is 0 Å². The zero-order valence-electron chi connectivity index (χ0n) is 18.9. The van der Waals surface area contributed by atoms with Crippen molar-refractivity contribution in [3.63, 3.8) is 0 Å². The Morgan fingerprint density at radius 2 is 1.65 bits per heavy atom. The highest BCUT2D eigenvalue weighted by molar-refractivity contribution is 9.10. The lowest BCUT2D eigenvalue weighted by Crippen LogP contribution is -2.31. The molecule has 1 amide bonds. The van der Waals surface area contributed by atoms with Gasteiger partial charge in [0.25, 0.3) is 5.91 Å². The van der Waals surface area contributed by atoms with E-state index in [2.05, 4.69) is 38.3 Å². The maximum Gasteiger partial charge on any atom is 0.273 e. The van der Waals surface area contributed by atoms with E-state index in [-0.39, 0.29) is 11.9 Å². The summed E-state index contributed by atoms with van der Waals surface area (Å²) in [4.78, 5) is 15.5. The molecular formula is C27H24BrN3O3. The Morgan fingerprint density at radius 1 is 0.971 bits per heavy atom. The van der Waals surface area contributed by atoms with Crippen molar-refractivity contribution < 1.29 is 14.3 Å². The van der Waals surface area contributed by atoms with Crippen LogP contribution in [0.15, 0.2) is 77.3 Å². The first-order chi connectivity index (χ1) is 16.6. The van der Waals surface area contributed by atoms with E-state index < -0.39 is 0 Å². The normalized spacial score (nSPS) is 14.9. The van der Waals surface area contributed by atoms with Crippen LogP contribution < -0.4 is 9.47 Å². The van der Waals surface area contributed by atoms with Crippen molar-refractivity contribution in [2.45, 2.75) is 12.5 Å². The molecule has 5 rings (SSSR count). The number of ether oxygens (including phenoxy) is 2. The molecule has 0 saturated carbocycles. The Hall–Kier alpha value is -3.58. The van der Waals surface area contributed by atoms with Crippen LogP contribution in [0.4, 0.5) is 0 Å². The predicted octanol–water partition coefficient (Wildman–Crippen LogP) is 5.64. The van der Waals surface area contributed by atoms with Gasteiger partial charge in [-0.25, -0.2) is 0 Å². The quantitative estimate of drug-likeness (QED) is 0.344. The molecule has 1 aromatic heterocycles. The number of H-pyrrole nitrogens is 1. The van der Waals surface area contributed by atoms with Gasteiger partial charge in [0.05, 0.1) is 26.0 Å². The Labute approximate surface area is 206 Å². The van der Waals surface area contributed by atoms with Crippen LogP contribution in [0.1, 0.15) is 33.2 Å². The fourth-order valence-electron chi connectivity index (χ4n) is 4.46. The zero-order valence-corrected chi connectivity index (χ0v) is 20.5. The molecule has 172 valence electrons. The maximum absolute atomic E-state index is 13.5. The van der Waals surface area contributed by atoms with E-state index in [4.69, 9.17) is 9.47 Å². The molecule has 0 aliphatic carbocycles. The van der Waals surface area contributed by atoms with E-state index in [0.29, 0.717) is 12.2 Å². The van der Waals surface area contributed by atoms with Gasteiger partial charge in [0.15, 0.2) is 0 Å². The average molecular weight is 518 g/mol. The summed E-state index contributed by atoms with van der Waals surface area (Å²) in [5.41, 5.74) is 5.34. The smallest absolute Gasteiger partial charge is 0.273 e. The number of nitrogens with zero attached hydrogens (tertiary/aromatic N) is 2. The van der Waals surface area contributed by atoms with Gasteiger partial charge < -0.3 is 14.4 Å². The minimum atomic E-state index is -0.242. The average Bonchev–Trinajstić information content (AvgIpc) is 3.42. The van der Waals surface area contributed by atoms with Crippen molar-refractivity contribution >= 4 is 21.8 Å². The standard InChI is InChI=1S/C27H24BrN3O3/c1-33-21-10-6-17(7-11-21)14-15-31-26(19-4-3-5-20(28)16-19)23-24(29-30-25(23)27(31)32)18-8-12-22(34-2)13-9-18/h3-13,16,26H,14-15H2,1-2H3,(H,29,30). The van der Waals surface area contributed by atoms with Crippen LogP contribution in [-0.2, 0) is 6.42 Å². The molecule has 0 radical (unpaired) electrons. The number of benzene rings is 3. The third kappa shape index (κ3) is 4.07. The molecule has 0 fully saturated rings. The van der Waals surface area contributed by atoms with Gasteiger partial charge in [-0.05, 0) is 66.1 Å². The highest BCUT2D eigenvalue weighted by atomic mass is 79.9. The number of methoxy groups -OCH3 is 2. The van der Waals surface area contributed by atoms with Crippen molar-refractivity contribution in [3.8, 4) is 22.8 Å². The van der Waals surface area contributed by atoms with E-state index in [9.17, 15) is 4.79 Å². The molecule has 1 aliphatic rings. The minimum Gasteiger partial charge on any atom is -0.497 e. The van der Waals surface area contributed by atoms with Crippen molar-refractivity contribution in [1.29, 1.82) is 0 Å². The Balaban J connectivity index is 1.53. The number of nitrogens with one attached hydrogen (secondary N) is 1. The minimum absolute atomic E-state index is 0.0410. The summed E-state index contributed by atoms with van der Waals surface area (Å²) in [6.45, 7) is 0.576. The van der Waals surface area contributed by atoms with Crippen LogP contribution in [0, 0.1) is 0 Å². The summed E-state index contributed by atoms with van der Waals surface area (Å²) < 4.78 is 11.5. The second-order valence-corrected chi connectivity index (χ2v) is 9.06. The molecule has 2 heterocycles. The topological polar surface area (TPSA) is 67.5 Å². The van der Waals surface area contributed by atoms with Gasteiger partial charge in [-0.1, -0.05) is 40.2 Å². The van der Waals surface area contributed by atoms with Gasteiger partial charge in [0.2, 0.25) is 0 Å². The first-order valence-electron chi connectivity index (χ1n) is 11.0. The number of fused-ring (bicyclic) bond motifs is 1. The molecule has 0 spiro atoms. The van der Waals surface area contributed by atoms with Crippen molar-refractivity contribution in [2.75, 3.05) is 20.8 Å². The number of halogens is 1. The Morgan fingerprint density at radius 3 is 2.29 bits per heavy atom. The summed E-state index contributed by atoms with van der Waals surface area (Å²) in [5.74, 6) is 1.55. The third-order valence-electron chi connectivity index (χ3n) is 6.19. The zero-order chi connectivity index (χ0) is 23.7. The fraction of sp³-hybridized carbons (Fsp3) is 0.185. The molecule has 1 aliphatic heterocycles. The molecular weight excluding hydrogens is 494 g/mol. The number of carbonyl (C=O) groups is 1. The van der Waals surface area contributed by atoms with Crippen molar-refractivity contribution in [1.82, 2.24) is 15.1 Å². The molecule has 0 saturated heterocycles. The molecule has 0 bridgehead atoms. The number of aromatic amines is 1. The maximum atomic E-state index is 13.5. The summed E-state index contributed by atoms with van der Waals surface area (Å²) in [6, 6.07) is 23.6. The molecule has 6 nitrogen and oxygen atoms in total. The van der Waals surface area contributed by atoms with Gasteiger partial charge in [-0.15, -0.1) is 0 Å². The van der Waals surface area contributed by atoms with Crippen LogP contribution in [0.5, 0.6) is 11.5 Å². The fourth-order valence-corrected chi connectivity index (χ4v) is 4.88. The number of aromatic nitrogens is 2. The van der Waals surface area contributed by atoms with Gasteiger partial charge in [0, 0.05) is 22.1 Å². The van der Waals surface area contributed by atoms with Gasteiger partial charge >= 0.3 is 0 Å². The molecule has 1 atom stereocenters. The van der Waals surface area contributed by atoms with Gasteiger partial charge in [-0.2, -0.15) is 5.10 Å².